The second kappa shape index (κ2) is 5.18. The zero-order chi connectivity index (χ0) is 12.4. The third-order valence-electron chi connectivity index (χ3n) is 2.83. The average molecular weight is 301 g/mol. The van der Waals surface area contributed by atoms with Crippen molar-refractivity contribution in [1.82, 2.24) is 9.97 Å². The predicted octanol–water partition coefficient (Wildman–Crippen LogP) is 1.89. The van der Waals surface area contributed by atoms with E-state index in [9.17, 15) is 0 Å². The summed E-state index contributed by atoms with van der Waals surface area (Å²) in [5.41, 5.74) is 0. The lowest BCUT2D eigenvalue weighted by Gasteiger charge is -2.38. The molecule has 0 bridgehead atoms. The first-order chi connectivity index (χ1) is 8.11. The minimum Gasteiger partial charge on any atom is -0.375 e. The van der Waals surface area contributed by atoms with Crippen LogP contribution in [0.1, 0.15) is 13.8 Å². The number of halogens is 1. The van der Waals surface area contributed by atoms with Crippen LogP contribution in [0.2, 0.25) is 0 Å². The van der Waals surface area contributed by atoms with E-state index in [1.165, 1.54) is 0 Å². The molecular formula is C11H17BrN4O. The molecule has 2 rings (SSSR count). The number of morpholine rings is 1. The Morgan fingerprint density at radius 3 is 3.00 bits per heavy atom. The Balaban J connectivity index is 2.30. The highest BCUT2D eigenvalue weighted by molar-refractivity contribution is 9.10. The molecule has 94 valence electrons. The van der Waals surface area contributed by atoms with Crippen LogP contribution in [0.4, 0.5) is 11.8 Å². The lowest BCUT2D eigenvalue weighted by atomic mass is 10.2. The van der Waals surface area contributed by atoms with Gasteiger partial charge in [-0.25, -0.2) is 4.98 Å². The van der Waals surface area contributed by atoms with E-state index in [-0.39, 0.29) is 6.10 Å². The number of anilines is 2. The fourth-order valence-electron chi connectivity index (χ4n) is 1.88. The Morgan fingerprint density at radius 2 is 2.29 bits per heavy atom. The van der Waals surface area contributed by atoms with E-state index < -0.39 is 0 Å². The van der Waals surface area contributed by atoms with E-state index in [1.807, 2.05) is 7.05 Å². The highest BCUT2D eigenvalue weighted by atomic mass is 79.9. The summed E-state index contributed by atoms with van der Waals surface area (Å²) in [6.45, 7) is 5.79. The number of rotatable bonds is 2. The Hall–Kier alpha value is -0.880. The van der Waals surface area contributed by atoms with Gasteiger partial charge in [0.05, 0.1) is 23.2 Å². The Morgan fingerprint density at radius 1 is 1.53 bits per heavy atom. The quantitative estimate of drug-likeness (QED) is 0.904. The van der Waals surface area contributed by atoms with Crippen molar-refractivity contribution in [3.8, 4) is 0 Å². The normalized spacial score (nSPS) is 24.8. The molecule has 1 aromatic heterocycles. The van der Waals surface area contributed by atoms with Crippen LogP contribution in [0.25, 0.3) is 0 Å². The maximum Gasteiger partial charge on any atom is 0.224 e. The van der Waals surface area contributed by atoms with Gasteiger partial charge in [0.25, 0.3) is 0 Å². The molecule has 0 radical (unpaired) electrons. The first-order valence-electron chi connectivity index (χ1n) is 5.70. The standard InChI is InChI=1S/C11H17BrN4O/c1-7-6-17-8(2)5-16(7)10-9(12)4-14-11(13-3)15-10/h4,7-8H,5-6H2,1-3H3,(H,13,14,15). The third-order valence-corrected chi connectivity index (χ3v) is 3.39. The molecule has 2 unspecified atom stereocenters. The summed E-state index contributed by atoms with van der Waals surface area (Å²) in [6, 6.07) is 0.321. The van der Waals surface area contributed by atoms with Gasteiger partial charge < -0.3 is 15.0 Å². The second-order valence-electron chi connectivity index (χ2n) is 4.26. The SMILES string of the molecule is CNc1ncc(Br)c(N2CC(C)OCC2C)n1. The van der Waals surface area contributed by atoms with Gasteiger partial charge >= 0.3 is 0 Å². The number of nitrogens with zero attached hydrogens (tertiary/aromatic N) is 3. The van der Waals surface area contributed by atoms with Gasteiger partial charge in [0.1, 0.15) is 5.82 Å². The van der Waals surface area contributed by atoms with Crippen molar-refractivity contribution in [2.24, 2.45) is 0 Å². The van der Waals surface area contributed by atoms with Crippen molar-refractivity contribution in [3.63, 3.8) is 0 Å². The summed E-state index contributed by atoms with van der Waals surface area (Å²) in [6.07, 6.45) is 2.01. The van der Waals surface area contributed by atoms with Crippen LogP contribution in [0.3, 0.4) is 0 Å². The van der Waals surface area contributed by atoms with E-state index in [1.54, 1.807) is 6.20 Å². The molecule has 1 aromatic rings. The summed E-state index contributed by atoms with van der Waals surface area (Å²) in [5.74, 6) is 1.56. The van der Waals surface area contributed by atoms with Crippen LogP contribution in [-0.4, -0.2) is 42.3 Å². The van der Waals surface area contributed by atoms with Crippen LogP contribution in [0, 0.1) is 0 Å². The fraction of sp³-hybridized carbons (Fsp3) is 0.636. The summed E-state index contributed by atoms with van der Waals surface area (Å²) in [4.78, 5) is 10.9. The van der Waals surface area contributed by atoms with Crippen LogP contribution >= 0.6 is 15.9 Å². The monoisotopic (exact) mass is 300 g/mol. The van der Waals surface area contributed by atoms with Crippen molar-refractivity contribution in [2.45, 2.75) is 26.0 Å². The lowest BCUT2D eigenvalue weighted by Crippen LogP contribution is -2.48. The second-order valence-corrected chi connectivity index (χ2v) is 5.11. The lowest BCUT2D eigenvalue weighted by molar-refractivity contribution is 0.0340. The molecule has 0 aromatic carbocycles. The zero-order valence-corrected chi connectivity index (χ0v) is 11.9. The van der Waals surface area contributed by atoms with Crippen molar-refractivity contribution in [2.75, 3.05) is 30.4 Å². The molecule has 2 atom stereocenters. The largest absolute Gasteiger partial charge is 0.375 e. The molecule has 1 N–H and O–H groups in total. The predicted molar refractivity (Wildman–Crippen MR) is 71.5 cm³/mol. The molecule has 2 heterocycles. The maximum atomic E-state index is 5.62. The molecule has 17 heavy (non-hydrogen) atoms. The highest BCUT2D eigenvalue weighted by Gasteiger charge is 2.26. The molecule has 0 aliphatic carbocycles. The Bertz CT molecular complexity index is 401. The van der Waals surface area contributed by atoms with Crippen molar-refractivity contribution in [1.29, 1.82) is 0 Å². The summed E-state index contributed by atoms with van der Waals surface area (Å²) in [7, 11) is 1.82. The number of hydrogen-bond acceptors (Lipinski definition) is 5. The van der Waals surface area contributed by atoms with Gasteiger partial charge in [0.15, 0.2) is 0 Å². The number of hydrogen-bond donors (Lipinski definition) is 1. The number of ether oxygens (including phenoxy) is 1. The Labute approximate surface area is 110 Å². The van der Waals surface area contributed by atoms with E-state index >= 15 is 0 Å². The number of aromatic nitrogens is 2. The molecular weight excluding hydrogens is 284 g/mol. The smallest absolute Gasteiger partial charge is 0.224 e. The van der Waals surface area contributed by atoms with E-state index in [0.29, 0.717) is 12.0 Å². The van der Waals surface area contributed by atoms with E-state index in [0.717, 1.165) is 23.4 Å². The van der Waals surface area contributed by atoms with Gasteiger partial charge in [-0.2, -0.15) is 4.98 Å². The minimum atomic E-state index is 0.228. The van der Waals surface area contributed by atoms with E-state index in [2.05, 4.69) is 50.0 Å². The maximum absolute atomic E-state index is 5.62. The molecule has 0 saturated carbocycles. The molecule has 1 fully saturated rings. The number of nitrogens with one attached hydrogen (secondary N) is 1. The van der Waals surface area contributed by atoms with Crippen molar-refractivity contribution in [3.05, 3.63) is 10.7 Å². The molecule has 5 nitrogen and oxygen atoms in total. The molecule has 1 saturated heterocycles. The van der Waals surface area contributed by atoms with Crippen LogP contribution < -0.4 is 10.2 Å². The first-order valence-corrected chi connectivity index (χ1v) is 6.49. The zero-order valence-electron chi connectivity index (χ0n) is 10.3. The highest BCUT2D eigenvalue weighted by Crippen LogP contribution is 2.28. The first kappa shape index (κ1) is 12.6. The summed E-state index contributed by atoms with van der Waals surface area (Å²) < 4.78 is 6.54. The average Bonchev–Trinajstić information content (AvgIpc) is 2.33. The van der Waals surface area contributed by atoms with Gasteiger partial charge in [0.2, 0.25) is 5.95 Å². The summed E-state index contributed by atoms with van der Waals surface area (Å²) >= 11 is 3.51. The van der Waals surface area contributed by atoms with Crippen molar-refractivity contribution < 1.29 is 4.74 Å². The molecule has 1 aliphatic heterocycles. The van der Waals surface area contributed by atoms with Gasteiger partial charge in [-0.15, -0.1) is 0 Å². The van der Waals surface area contributed by atoms with Gasteiger partial charge in [0, 0.05) is 19.8 Å². The van der Waals surface area contributed by atoms with E-state index in [4.69, 9.17) is 4.74 Å². The molecule has 6 heteroatoms. The molecule has 0 amide bonds. The van der Waals surface area contributed by atoms with Crippen molar-refractivity contribution >= 4 is 27.7 Å². The topological polar surface area (TPSA) is 50.3 Å². The summed E-state index contributed by atoms with van der Waals surface area (Å²) in [5, 5.41) is 2.96. The molecule has 1 aliphatic rings. The molecule has 0 spiro atoms. The van der Waals surface area contributed by atoms with Crippen LogP contribution in [0.5, 0.6) is 0 Å². The fourth-order valence-corrected chi connectivity index (χ4v) is 2.30. The van der Waals surface area contributed by atoms with Gasteiger partial charge in [-0.3, -0.25) is 0 Å². The van der Waals surface area contributed by atoms with Crippen LogP contribution in [0.15, 0.2) is 10.7 Å². The minimum absolute atomic E-state index is 0.228. The van der Waals surface area contributed by atoms with Gasteiger partial charge in [-0.05, 0) is 29.8 Å². The van der Waals surface area contributed by atoms with Gasteiger partial charge in [-0.1, -0.05) is 0 Å². The van der Waals surface area contributed by atoms with Crippen LogP contribution in [-0.2, 0) is 4.74 Å². The third kappa shape index (κ3) is 2.69. The Kier molecular flexibility index (Phi) is 3.83.